The second kappa shape index (κ2) is 3.89. The van der Waals surface area contributed by atoms with Crippen LogP contribution in [-0.4, -0.2) is 38.1 Å². The molecule has 0 aromatic carbocycles. The molecule has 2 heterocycles. The van der Waals surface area contributed by atoms with Crippen LogP contribution in [0, 0.1) is 0 Å². The Labute approximate surface area is 77.4 Å². The minimum Gasteiger partial charge on any atom is -0.354 e. The Hall–Kier alpha value is -0.200. The lowest BCUT2D eigenvalue weighted by molar-refractivity contribution is -0.445. The maximum atomic E-state index is 5.40. The molecule has 2 fully saturated rings. The Balaban J connectivity index is 1.90. The lowest BCUT2D eigenvalue weighted by Gasteiger charge is -2.31. The molecule has 0 aliphatic carbocycles. The van der Waals surface area contributed by atoms with E-state index in [1.54, 1.807) is 14.2 Å². The second-order valence-corrected chi connectivity index (χ2v) is 3.29. The van der Waals surface area contributed by atoms with E-state index < -0.39 is 0 Å². The van der Waals surface area contributed by atoms with Gasteiger partial charge in [-0.05, 0) is 6.42 Å². The van der Waals surface area contributed by atoms with Gasteiger partial charge in [0, 0.05) is 27.1 Å². The molecule has 0 unspecified atom stereocenters. The molecule has 2 rings (SSSR count). The molecule has 2 aliphatic rings. The standard InChI is InChI=1S/C8H15NO4/c1-10-7-4-3-6-5-8(11-2)13-9(6)12-7/h6-8H,3-5H2,1-2H3/t6-,7+,8-/m0/s1. The van der Waals surface area contributed by atoms with Crippen molar-refractivity contribution in [3.05, 3.63) is 0 Å². The van der Waals surface area contributed by atoms with Gasteiger partial charge < -0.3 is 9.47 Å². The summed E-state index contributed by atoms with van der Waals surface area (Å²) >= 11 is 0. The summed E-state index contributed by atoms with van der Waals surface area (Å²) in [6.45, 7) is 0. The first-order valence-electron chi connectivity index (χ1n) is 4.52. The zero-order valence-corrected chi connectivity index (χ0v) is 7.93. The van der Waals surface area contributed by atoms with Crippen molar-refractivity contribution in [2.24, 2.45) is 0 Å². The van der Waals surface area contributed by atoms with E-state index in [1.807, 2.05) is 0 Å². The number of methoxy groups -OCH3 is 2. The maximum absolute atomic E-state index is 5.40. The van der Waals surface area contributed by atoms with Gasteiger partial charge in [-0.15, -0.1) is 0 Å². The summed E-state index contributed by atoms with van der Waals surface area (Å²) in [5.41, 5.74) is 0. The van der Waals surface area contributed by atoms with Crippen LogP contribution >= 0.6 is 0 Å². The third-order valence-electron chi connectivity index (χ3n) is 2.47. The van der Waals surface area contributed by atoms with E-state index in [0.717, 1.165) is 19.3 Å². The lowest BCUT2D eigenvalue weighted by Crippen LogP contribution is -2.39. The predicted molar refractivity (Wildman–Crippen MR) is 43.2 cm³/mol. The van der Waals surface area contributed by atoms with Crippen LogP contribution in [0.5, 0.6) is 0 Å². The fraction of sp³-hybridized carbons (Fsp3) is 1.00. The maximum Gasteiger partial charge on any atom is 0.181 e. The van der Waals surface area contributed by atoms with E-state index in [-0.39, 0.29) is 12.6 Å². The molecule has 0 spiro atoms. The first kappa shape index (κ1) is 9.36. The second-order valence-electron chi connectivity index (χ2n) is 3.29. The number of ether oxygens (including phenoxy) is 2. The zero-order valence-electron chi connectivity index (χ0n) is 7.93. The normalized spacial score (nSPS) is 40.6. The van der Waals surface area contributed by atoms with Gasteiger partial charge in [0.15, 0.2) is 12.6 Å². The summed E-state index contributed by atoms with van der Waals surface area (Å²) < 4.78 is 10.2. The highest BCUT2D eigenvalue weighted by Crippen LogP contribution is 2.31. The van der Waals surface area contributed by atoms with Gasteiger partial charge in [-0.25, -0.2) is 9.68 Å². The summed E-state index contributed by atoms with van der Waals surface area (Å²) in [6, 6.07) is 0.316. The lowest BCUT2D eigenvalue weighted by atomic mass is 10.1. The average molecular weight is 189 g/mol. The number of hydroxylamine groups is 2. The number of rotatable bonds is 2. The van der Waals surface area contributed by atoms with Gasteiger partial charge in [-0.3, -0.25) is 0 Å². The van der Waals surface area contributed by atoms with Crippen LogP contribution in [0.25, 0.3) is 0 Å². The Kier molecular flexibility index (Phi) is 2.80. The quantitative estimate of drug-likeness (QED) is 0.638. The SMILES string of the molecule is CO[C@H]1CC[C@H]2C[C@@H](OC)ON2O1. The predicted octanol–water partition coefficient (Wildman–Crippen LogP) is 0.663. The number of hydrogen-bond donors (Lipinski definition) is 0. The summed E-state index contributed by atoms with van der Waals surface area (Å²) in [5, 5.41) is 1.52. The molecule has 0 N–H and O–H groups in total. The third-order valence-corrected chi connectivity index (χ3v) is 2.47. The molecule has 0 saturated carbocycles. The zero-order chi connectivity index (χ0) is 9.26. The van der Waals surface area contributed by atoms with Crippen LogP contribution < -0.4 is 0 Å². The Morgan fingerprint density at radius 2 is 1.77 bits per heavy atom. The van der Waals surface area contributed by atoms with Crippen molar-refractivity contribution in [1.29, 1.82) is 0 Å². The highest BCUT2D eigenvalue weighted by atomic mass is 17.0. The molecule has 3 atom stereocenters. The fourth-order valence-electron chi connectivity index (χ4n) is 1.68. The van der Waals surface area contributed by atoms with Gasteiger partial charge in [0.05, 0.1) is 6.04 Å². The molecule has 13 heavy (non-hydrogen) atoms. The van der Waals surface area contributed by atoms with Crippen molar-refractivity contribution in [2.45, 2.75) is 37.9 Å². The van der Waals surface area contributed by atoms with Crippen molar-refractivity contribution >= 4 is 0 Å². The van der Waals surface area contributed by atoms with E-state index in [0.29, 0.717) is 6.04 Å². The molecule has 5 heteroatoms. The van der Waals surface area contributed by atoms with Gasteiger partial charge in [0.1, 0.15) is 0 Å². The van der Waals surface area contributed by atoms with Gasteiger partial charge in [0.2, 0.25) is 0 Å². The minimum absolute atomic E-state index is 0.166. The van der Waals surface area contributed by atoms with Crippen molar-refractivity contribution in [2.75, 3.05) is 14.2 Å². The first-order valence-corrected chi connectivity index (χ1v) is 4.52. The summed E-state index contributed by atoms with van der Waals surface area (Å²) in [5.74, 6) is 0. The molecule has 0 amide bonds. The number of nitrogens with zero attached hydrogens (tertiary/aromatic N) is 1. The molecule has 0 aromatic rings. The van der Waals surface area contributed by atoms with Gasteiger partial charge in [-0.2, -0.15) is 0 Å². The van der Waals surface area contributed by atoms with E-state index in [4.69, 9.17) is 19.1 Å². The highest BCUT2D eigenvalue weighted by Gasteiger charge is 2.39. The minimum atomic E-state index is -0.174. The van der Waals surface area contributed by atoms with E-state index in [9.17, 15) is 0 Å². The molecule has 0 bridgehead atoms. The summed E-state index contributed by atoms with van der Waals surface area (Å²) in [6.07, 6.45) is 2.47. The monoisotopic (exact) mass is 189 g/mol. The molecular weight excluding hydrogens is 174 g/mol. The van der Waals surface area contributed by atoms with Crippen molar-refractivity contribution in [3.63, 3.8) is 0 Å². The topological polar surface area (TPSA) is 40.2 Å². The van der Waals surface area contributed by atoms with Gasteiger partial charge in [-0.1, -0.05) is 5.23 Å². The molecule has 0 radical (unpaired) electrons. The van der Waals surface area contributed by atoms with Crippen LogP contribution in [0.1, 0.15) is 19.3 Å². The van der Waals surface area contributed by atoms with E-state index >= 15 is 0 Å². The summed E-state index contributed by atoms with van der Waals surface area (Å²) in [4.78, 5) is 10.8. The van der Waals surface area contributed by atoms with Gasteiger partial charge in [0.25, 0.3) is 0 Å². The Morgan fingerprint density at radius 3 is 2.46 bits per heavy atom. The van der Waals surface area contributed by atoms with Crippen LogP contribution in [-0.2, 0) is 19.1 Å². The van der Waals surface area contributed by atoms with Crippen molar-refractivity contribution in [3.8, 4) is 0 Å². The fourth-order valence-corrected chi connectivity index (χ4v) is 1.68. The highest BCUT2D eigenvalue weighted by molar-refractivity contribution is 4.73. The number of hydrogen-bond acceptors (Lipinski definition) is 5. The van der Waals surface area contributed by atoms with Crippen LogP contribution in [0.3, 0.4) is 0 Å². The van der Waals surface area contributed by atoms with Crippen LogP contribution in [0.15, 0.2) is 0 Å². The van der Waals surface area contributed by atoms with E-state index in [2.05, 4.69) is 0 Å². The van der Waals surface area contributed by atoms with Crippen LogP contribution in [0.2, 0.25) is 0 Å². The first-order chi connectivity index (χ1) is 6.33. The molecular formula is C8H15NO4. The van der Waals surface area contributed by atoms with Gasteiger partial charge >= 0.3 is 0 Å². The molecule has 0 aromatic heterocycles. The summed E-state index contributed by atoms with van der Waals surface area (Å²) in [7, 11) is 3.27. The van der Waals surface area contributed by atoms with Crippen molar-refractivity contribution < 1.29 is 19.1 Å². The molecule has 2 aliphatic heterocycles. The third kappa shape index (κ3) is 1.84. The average Bonchev–Trinajstić information content (AvgIpc) is 2.58. The van der Waals surface area contributed by atoms with Crippen LogP contribution in [0.4, 0.5) is 0 Å². The van der Waals surface area contributed by atoms with E-state index in [1.165, 1.54) is 5.23 Å². The molecule has 5 nitrogen and oxygen atoms in total. The molecule has 2 saturated heterocycles. The molecule has 76 valence electrons. The Morgan fingerprint density at radius 1 is 1.08 bits per heavy atom. The largest absolute Gasteiger partial charge is 0.354 e. The number of fused-ring (bicyclic) bond motifs is 1. The smallest absolute Gasteiger partial charge is 0.181 e. The Bertz CT molecular complexity index is 176. The van der Waals surface area contributed by atoms with Crippen molar-refractivity contribution in [1.82, 2.24) is 5.23 Å².